The van der Waals surface area contributed by atoms with Gasteiger partial charge in [0.2, 0.25) is 0 Å². The summed E-state index contributed by atoms with van der Waals surface area (Å²) in [5.74, 6) is 0. The van der Waals surface area contributed by atoms with E-state index in [1.54, 1.807) is 0 Å². The average molecular weight is 159 g/mol. The van der Waals surface area contributed by atoms with Crippen LogP contribution >= 0.6 is 0 Å². The minimum Gasteiger partial charge on any atom is -0.395 e. The van der Waals surface area contributed by atoms with Crippen LogP contribution in [0.15, 0.2) is 0 Å². The van der Waals surface area contributed by atoms with E-state index in [2.05, 4.69) is 33.0 Å². The average Bonchev–Trinajstić information content (AvgIpc) is 1.87. The van der Waals surface area contributed by atoms with Crippen molar-refractivity contribution in [1.29, 1.82) is 0 Å². The molecule has 0 fully saturated rings. The molecule has 0 aromatic rings. The lowest BCUT2D eigenvalue weighted by atomic mass is 9.87. The fraction of sp³-hybridized carbons (Fsp3) is 1.00. The van der Waals surface area contributed by atoms with Gasteiger partial charge in [-0.25, -0.2) is 0 Å². The van der Waals surface area contributed by atoms with Gasteiger partial charge in [0.25, 0.3) is 0 Å². The molecule has 0 aliphatic carbocycles. The van der Waals surface area contributed by atoms with Crippen LogP contribution in [-0.4, -0.2) is 24.3 Å². The van der Waals surface area contributed by atoms with Crippen LogP contribution in [-0.2, 0) is 0 Å². The molecule has 0 aromatic carbocycles. The Bertz CT molecular complexity index is 96.2. The molecular weight excluding hydrogens is 138 g/mol. The Kier molecular flexibility index (Phi) is 4.69. The molecule has 0 bridgehead atoms. The highest BCUT2D eigenvalue weighted by Crippen LogP contribution is 2.18. The van der Waals surface area contributed by atoms with E-state index >= 15 is 0 Å². The maximum atomic E-state index is 9.03. The quantitative estimate of drug-likeness (QED) is 0.649. The summed E-state index contributed by atoms with van der Waals surface area (Å²) in [7, 11) is 0. The van der Waals surface area contributed by atoms with E-state index in [4.69, 9.17) is 5.11 Å². The fourth-order valence-electron chi connectivity index (χ4n) is 0.963. The molecule has 0 rings (SSSR count). The van der Waals surface area contributed by atoms with E-state index < -0.39 is 0 Å². The van der Waals surface area contributed by atoms with Crippen LogP contribution in [0.5, 0.6) is 0 Å². The van der Waals surface area contributed by atoms with Gasteiger partial charge < -0.3 is 10.4 Å². The van der Waals surface area contributed by atoms with Gasteiger partial charge in [0.15, 0.2) is 0 Å². The molecule has 2 heteroatoms. The van der Waals surface area contributed by atoms with E-state index in [1.807, 2.05) is 0 Å². The van der Waals surface area contributed by atoms with Gasteiger partial charge >= 0.3 is 0 Å². The summed E-state index contributed by atoms with van der Waals surface area (Å²) < 4.78 is 0. The van der Waals surface area contributed by atoms with Gasteiger partial charge in [-0.15, -0.1) is 0 Å². The van der Waals surface area contributed by atoms with Crippen molar-refractivity contribution >= 4 is 0 Å². The monoisotopic (exact) mass is 159 g/mol. The number of rotatable bonds is 4. The van der Waals surface area contributed by atoms with E-state index in [1.165, 1.54) is 0 Å². The smallest absolute Gasteiger partial charge is 0.0589 e. The maximum Gasteiger partial charge on any atom is 0.0589 e. The molecule has 0 spiro atoms. The first kappa shape index (κ1) is 10.9. The molecule has 0 saturated heterocycles. The summed E-state index contributed by atoms with van der Waals surface area (Å²) in [4.78, 5) is 0. The SMILES string of the molecule is CCCNC(CO)C(C)(C)C. The predicted octanol–water partition coefficient (Wildman–Crippen LogP) is 1.39. The number of aliphatic hydroxyl groups excluding tert-OH is 1. The highest BCUT2D eigenvalue weighted by Gasteiger charge is 2.22. The molecule has 0 saturated carbocycles. The van der Waals surface area contributed by atoms with Gasteiger partial charge in [-0.2, -0.15) is 0 Å². The molecule has 1 unspecified atom stereocenters. The molecule has 0 radical (unpaired) electrons. The van der Waals surface area contributed by atoms with Crippen LogP contribution in [0, 0.1) is 5.41 Å². The summed E-state index contributed by atoms with van der Waals surface area (Å²) in [5, 5.41) is 12.3. The predicted molar refractivity (Wildman–Crippen MR) is 48.6 cm³/mol. The number of aliphatic hydroxyl groups is 1. The van der Waals surface area contributed by atoms with Crippen molar-refractivity contribution in [2.24, 2.45) is 5.41 Å². The summed E-state index contributed by atoms with van der Waals surface area (Å²) >= 11 is 0. The van der Waals surface area contributed by atoms with Gasteiger partial charge in [-0.3, -0.25) is 0 Å². The lowest BCUT2D eigenvalue weighted by molar-refractivity contribution is 0.159. The Hall–Kier alpha value is -0.0800. The molecule has 0 aliphatic heterocycles. The van der Waals surface area contributed by atoms with Crippen molar-refractivity contribution in [1.82, 2.24) is 5.32 Å². The number of hydrogen-bond donors (Lipinski definition) is 2. The van der Waals surface area contributed by atoms with Crippen LogP contribution in [0.3, 0.4) is 0 Å². The Morgan fingerprint density at radius 1 is 1.36 bits per heavy atom. The first-order valence-corrected chi connectivity index (χ1v) is 4.36. The minimum absolute atomic E-state index is 0.157. The number of hydrogen-bond acceptors (Lipinski definition) is 2. The summed E-state index contributed by atoms with van der Waals surface area (Å²) in [5.41, 5.74) is 0.157. The summed E-state index contributed by atoms with van der Waals surface area (Å²) in [6, 6.07) is 0.224. The molecular formula is C9H21NO. The molecule has 0 amide bonds. The van der Waals surface area contributed by atoms with Crippen LogP contribution in [0.25, 0.3) is 0 Å². The Morgan fingerprint density at radius 2 is 1.91 bits per heavy atom. The van der Waals surface area contributed by atoms with Gasteiger partial charge in [-0.1, -0.05) is 27.7 Å². The van der Waals surface area contributed by atoms with Gasteiger partial charge in [0.05, 0.1) is 6.61 Å². The van der Waals surface area contributed by atoms with Crippen LogP contribution in [0.1, 0.15) is 34.1 Å². The van der Waals surface area contributed by atoms with Crippen molar-refractivity contribution in [2.75, 3.05) is 13.2 Å². The first-order valence-electron chi connectivity index (χ1n) is 4.36. The third-order valence-corrected chi connectivity index (χ3v) is 1.87. The van der Waals surface area contributed by atoms with Crippen molar-refractivity contribution in [3.05, 3.63) is 0 Å². The zero-order valence-corrected chi connectivity index (χ0v) is 8.15. The highest BCUT2D eigenvalue weighted by atomic mass is 16.3. The second-order valence-corrected chi connectivity index (χ2v) is 4.06. The molecule has 1 atom stereocenters. The molecule has 0 aliphatic rings. The summed E-state index contributed by atoms with van der Waals surface area (Å²) in [6.45, 7) is 9.75. The topological polar surface area (TPSA) is 32.3 Å². The molecule has 2 nitrogen and oxygen atoms in total. The zero-order chi connectivity index (χ0) is 8.91. The van der Waals surface area contributed by atoms with Crippen LogP contribution < -0.4 is 5.32 Å². The normalized spacial score (nSPS) is 15.0. The largest absolute Gasteiger partial charge is 0.395 e. The molecule has 2 N–H and O–H groups in total. The molecule has 11 heavy (non-hydrogen) atoms. The first-order chi connectivity index (χ1) is 5.02. The number of nitrogens with one attached hydrogen (secondary N) is 1. The second kappa shape index (κ2) is 4.73. The lowest BCUT2D eigenvalue weighted by Crippen LogP contribution is -2.43. The third kappa shape index (κ3) is 4.38. The minimum atomic E-state index is 0.157. The Balaban J connectivity index is 3.76. The van der Waals surface area contributed by atoms with E-state index in [9.17, 15) is 0 Å². The molecule has 0 aromatic heterocycles. The van der Waals surface area contributed by atoms with E-state index in [-0.39, 0.29) is 18.1 Å². The summed E-state index contributed by atoms with van der Waals surface area (Å²) in [6.07, 6.45) is 1.12. The highest BCUT2D eigenvalue weighted by molar-refractivity contribution is 4.79. The Labute approximate surface area is 70.0 Å². The molecule has 0 heterocycles. The third-order valence-electron chi connectivity index (χ3n) is 1.87. The Morgan fingerprint density at radius 3 is 2.18 bits per heavy atom. The van der Waals surface area contributed by atoms with Gasteiger partial charge in [0, 0.05) is 6.04 Å². The van der Waals surface area contributed by atoms with E-state index in [0.717, 1.165) is 13.0 Å². The van der Waals surface area contributed by atoms with Crippen molar-refractivity contribution in [3.63, 3.8) is 0 Å². The fourth-order valence-corrected chi connectivity index (χ4v) is 0.963. The van der Waals surface area contributed by atoms with Crippen molar-refractivity contribution in [3.8, 4) is 0 Å². The lowest BCUT2D eigenvalue weighted by Gasteiger charge is -2.29. The van der Waals surface area contributed by atoms with E-state index in [0.29, 0.717) is 0 Å². The van der Waals surface area contributed by atoms with Crippen LogP contribution in [0.4, 0.5) is 0 Å². The van der Waals surface area contributed by atoms with Crippen LogP contribution in [0.2, 0.25) is 0 Å². The van der Waals surface area contributed by atoms with Crippen molar-refractivity contribution in [2.45, 2.75) is 40.2 Å². The maximum absolute atomic E-state index is 9.03. The van der Waals surface area contributed by atoms with Gasteiger partial charge in [-0.05, 0) is 18.4 Å². The van der Waals surface area contributed by atoms with Crippen molar-refractivity contribution < 1.29 is 5.11 Å². The second-order valence-electron chi connectivity index (χ2n) is 4.06. The van der Waals surface area contributed by atoms with Gasteiger partial charge in [0.1, 0.15) is 0 Å². The zero-order valence-electron chi connectivity index (χ0n) is 8.15. The standard InChI is InChI=1S/C9H21NO/c1-5-6-10-8(7-11)9(2,3)4/h8,10-11H,5-7H2,1-4H3. The molecule has 68 valence electrons.